The second kappa shape index (κ2) is 6.55. The number of pyridine rings is 1. The van der Waals surface area contributed by atoms with Crippen LogP contribution in [0.1, 0.15) is 11.3 Å². The Kier molecular flexibility index (Phi) is 4.77. The molecule has 0 atom stereocenters. The van der Waals surface area contributed by atoms with Crippen LogP contribution in [0, 0.1) is 0 Å². The molecule has 0 saturated heterocycles. The average Bonchev–Trinajstić information content (AvgIpc) is 2.41. The largest absolute Gasteiger partial charge is 0.399 e. The highest BCUT2D eigenvalue weighted by Crippen LogP contribution is 2.20. The van der Waals surface area contributed by atoms with Gasteiger partial charge in [0.25, 0.3) is 0 Å². The second-order valence-electron chi connectivity index (χ2n) is 4.66. The summed E-state index contributed by atoms with van der Waals surface area (Å²) < 4.78 is 0. The Morgan fingerprint density at radius 1 is 1.26 bits per heavy atom. The monoisotopic (exact) mass is 275 g/mol. The van der Waals surface area contributed by atoms with Gasteiger partial charge in [0.05, 0.1) is 0 Å². The first-order chi connectivity index (χ1) is 9.15. The van der Waals surface area contributed by atoms with Crippen LogP contribution in [-0.4, -0.2) is 23.5 Å². The molecule has 0 fully saturated rings. The molecule has 0 aliphatic rings. The number of nitrogens with two attached hydrogens (primary N) is 1. The van der Waals surface area contributed by atoms with Crippen molar-refractivity contribution in [2.24, 2.45) is 0 Å². The molecule has 2 N–H and O–H groups in total. The minimum Gasteiger partial charge on any atom is -0.399 e. The maximum absolute atomic E-state index is 6.17. The van der Waals surface area contributed by atoms with Gasteiger partial charge >= 0.3 is 0 Å². The lowest BCUT2D eigenvalue weighted by Crippen LogP contribution is -2.21. The third-order valence-corrected chi connectivity index (χ3v) is 3.35. The molecule has 1 aromatic carbocycles. The standard InChI is InChI=1S/C15H18ClN3/c1-19(9-7-14-4-2-3-8-18-14)11-12-5-6-13(17)10-15(12)16/h2-6,8,10H,7,9,11,17H2,1H3. The van der Waals surface area contributed by atoms with E-state index in [1.165, 1.54) is 0 Å². The smallest absolute Gasteiger partial charge is 0.0471 e. The molecule has 3 nitrogen and oxygen atoms in total. The van der Waals surface area contributed by atoms with Crippen LogP contribution in [0.5, 0.6) is 0 Å². The summed E-state index contributed by atoms with van der Waals surface area (Å²) in [6, 6.07) is 11.6. The molecule has 100 valence electrons. The zero-order valence-corrected chi connectivity index (χ0v) is 11.8. The number of nitrogens with zero attached hydrogens (tertiary/aromatic N) is 2. The molecule has 0 amide bonds. The first-order valence-corrected chi connectivity index (χ1v) is 6.65. The predicted molar refractivity (Wildman–Crippen MR) is 80.1 cm³/mol. The van der Waals surface area contributed by atoms with Crippen molar-refractivity contribution in [1.82, 2.24) is 9.88 Å². The van der Waals surface area contributed by atoms with Crippen LogP contribution in [0.3, 0.4) is 0 Å². The van der Waals surface area contributed by atoms with Gasteiger partial charge in [-0.2, -0.15) is 0 Å². The number of rotatable bonds is 5. The number of nitrogen functional groups attached to an aromatic ring is 1. The van der Waals surface area contributed by atoms with Gasteiger partial charge in [0, 0.05) is 42.1 Å². The summed E-state index contributed by atoms with van der Waals surface area (Å²) in [5.41, 5.74) is 8.59. The Hall–Kier alpha value is -1.58. The minimum absolute atomic E-state index is 0.699. The van der Waals surface area contributed by atoms with Gasteiger partial charge < -0.3 is 10.6 Å². The summed E-state index contributed by atoms with van der Waals surface area (Å²) in [6.07, 6.45) is 2.76. The van der Waals surface area contributed by atoms with E-state index in [1.807, 2.05) is 36.5 Å². The van der Waals surface area contributed by atoms with Gasteiger partial charge in [0.2, 0.25) is 0 Å². The molecule has 0 bridgehead atoms. The van der Waals surface area contributed by atoms with Crippen LogP contribution in [0.4, 0.5) is 5.69 Å². The van der Waals surface area contributed by atoms with E-state index in [1.54, 1.807) is 6.07 Å². The maximum atomic E-state index is 6.17. The lowest BCUT2D eigenvalue weighted by atomic mass is 10.2. The molecule has 2 rings (SSSR count). The highest BCUT2D eigenvalue weighted by Gasteiger charge is 2.05. The zero-order chi connectivity index (χ0) is 13.7. The minimum atomic E-state index is 0.699. The summed E-state index contributed by atoms with van der Waals surface area (Å²) in [7, 11) is 2.08. The molecule has 0 spiro atoms. The normalized spacial score (nSPS) is 10.9. The van der Waals surface area contributed by atoms with Crippen LogP contribution in [-0.2, 0) is 13.0 Å². The Bertz CT molecular complexity index is 528. The Balaban J connectivity index is 1.89. The molecule has 1 aromatic heterocycles. The predicted octanol–water partition coefficient (Wildman–Crippen LogP) is 2.99. The van der Waals surface area contributed by atoms with Crippen LogP contribution in [0.25, 0.3) is 0 Å². The van der Waals surface area contributed by atoms with Crippen molar-refractivity contribution in [3.8, 4) is 0 Å². The third kappa shape index (κ3) is 4.23. The van der Waals surface area contributed by atoms with Crippen LogP contribution >= 0.6 is 11.6 Å². The van der Waals surface area contributed by atoms with Crippen molar-refractivity contribution < 1.29 is 0 Å². The van der Waals surface area contributed by atoms with Gasteiger partial charge in [0.1, 0.15) is 0 Å². The molecule has 4 heteroatoms. The topological polar surface area (TPSA) is 42.2 Å². The molecule has 0 aliphatic carbocycles. The van der Waals surface area contributed by atoms with Crippen molar-refractivity contribution in [3.63, 3.8) is 0 Å². The van der Waals surface area contributed by atoms with Crippen molar-refractivity contribution in [2.45, 2.75) is 13.0 Å². The van der Waals surface area contributed by atoms with Crippen LogP contribution < -0.4 is 5.73 Å². The van der Waals surface area contributed by atoms with Crippen molar-refractivity contribution in [3.05, 3.63) is 58.9 Å². The maximum Gasteiger partial charge on any atom is 0.0471 e. The number of benzene rings is 1. The van der Waals surface area contributed by atoms with Crippen LogP contribution in [0.2, 0.25) is 5.02 Å². The van der Waals surface area contributed by atoms with E-state index in [0.29, 0.717) is 5.69 Å². The Morgan fingerprint density at radius 3 is 2.79 bits per heavy atom. The third-order valence-electron chi connectivity index (χ3n) is 2.99. The van der Waals surface area contributed by atoms with E-state index in [0.717, 1.165) is 35.8 Å². The lowest BCUT2D eigenvalue weighted by Gasteiger charge is -2.17. The van der Waals surface area contributed by atoms with Crippen LogP contribution in [0.15, 0.2) is 42.6 Å². The highest BCUT2D eigenvalue weighted by molar-refractivity contribution is 6.31. The molecule has 0 unspecified atom stereocenters. The molecule has 2 aromatic rings. The van der Waals surface area contributed by atoms with Gasteiger partial charge in [-0.15, -0.1) is 0 Å². The van der Waals surface area contributed by atoms with E-state index in [-0.39, 0.29) is 0 Å². The van der Waals surface area contributed by atoms with Gasteiger partial charge in [-0.25, -0.2) is 0 Å². The summed E-state index contributed by atoms with van der Waals surface area (Å²) in [4.78, 5) is 6.55. The van der Waals surface area contributed by atoms with Crippen molar-refractivity contribution in [1.29, 1.82) is 0 Å². The average molecular weight is 276 g/mol. The fourth-order valence-corrected chi connectivity index (χ4v) is 2.16. The van der Waals surface area contributed by atoms with Crippen molar-refractivity contribution in [2.75, 3.05) is 19.3 Å². The number of likely N-dealkylation sites (N-methyl/N-ethyl adjacent to an activating group) is 1. The molecule has 19 heavy (non-hydrogen) atoms. The summed E-state index contributed by atoms with van der Waals surface area (Å²) in [5, 5.41) is 0.727. The molecule has 0 aliphatic heterocycles. The van der Waals surface area contributed by atoms with Crippen molar-refractivity contribution >= 4 is 17.3 Å². The number of hydrogen-bond donors (Lipinski definition) is 1. The zero-order valence-electron chi connectivity index (χ0n) is 11.0. The number of anilines is 1. The first-order valence-electron chi connectivity index (χ1n) is 6.27. The lowest BCUT2D eigenvalue weighted by molar-refractivity contribution is 0.330. The van der Waals surface area contributed by atoms with Gasteiger partial charge in [-0.05, 0) is 36.9 Å². The molecule has 1 heterocycles. The molecular formula is C15H18ClN3. The van der Waals surface area contributed by atoms with E-state index in [2.05, 4.69) is 16.9 Å². The Labute approximate surface area is 119 Å². The fraction of sp³-hybridized carbons (Fsp3) is 0.267. The molecule has 0 saturated carbocycles. The first kappa shape index (κ1) is 13.8. The van der Waals surface area contributed by atoms with E-state index in [9.17, 15) is 0 Å². The molecular weight excluding hydrogens is 258 g/mol. The van der Waals surface area contributed by atoms with E-state index in [4.69, 9.17) is 17.3 Å². The quantitative estimate of drug-likeness (QED) is 0.853. The second-order valence-corrected chi connectivity index (χ2v) is 5.07. The Morgan fingerprint density at radius 2 is 2.11 bits per heavy atom. The number of hydrogen-bond acceptors (Lipinski definition) is 3. The summed E-state index contributed by atoms with van der Waals surface area (Å²) in [5.74, 6) is 0. The fourth-order valence-electron chi connectivity index (χ4n) is 1.91. The number of halogens is 1. The van der Waals surface area contributed by atoms with E-state index >= 15 is 0 Å². The summed E-state index contributed by atoms with van der Waals surface area (Å²) >= 11 is 6.17. The highest BCUT2D eigenvalue weighted by atomic mass is 35.5. The SMILES string of the molecule is CN(CCc1ccccn1)Cc1ccc(N)cc1Cl. The molecule has 0 radical (unpaired) electrons. The summed E-state index contributed by atoms with van der Waals surface area (Å²) in [6.45, 7) is 1.75. The number of aromatic nitrogens is 1. The van der Waals surface area contributed by atoms with Gasteiger partial charge in [-0.1, -0.05) is 23.7 Å². The van der Waals surface area contributed by atoms with Gasteiger partial charge in [0.15, 0.2) is 0 Å². The van der Waals surface area contributed by atoms with E-state index < -0.39 is 0 Å². The van der Waals surface area contributed by atoms with Gasteiger partial charge in [-0.3, -0.25) is 4.98 Å².